The second-order valence-electron chi connectivity index (χ2n) is 6.63. The highest BCUT2D eigenvalue weighted by molar-refractivity contribution is 5.75. The molecule has 7 nitrogen and oxygen atoms in total. The summed E-state index contributed by atoms with van der Waals surface area (Å²) in [5.41, 5.74) is 13.0. The highest BCUT2D eigenvalue weighted by Gasteiger charge is 2.34. The van der Waals surface area contributed by atoms with E-state index in [1.54, 1.807) is 12.1 Å². The van der Waals surface area contributed by atoms with Gasteiger partial charge in [-0.2, -0.15) is 0 Å². The van der Waals surface area contributed by atoms with E-state index in [0.717, 1.165) is 28.9 Å². The molecular weight excluding hydrogens is 332 g/mol. The molecule has 0 spiro atoms. The first kappa shape index (κ1) is 16.5. The molecule has 2 aliphatic heterocycles. The Kier molecular flexibility index (Phi) is 4.08. The van der Waals surface area contributed by atoms with Gasteiger partial charge in [-0.3, -0.25) is 0 Å². The summed E-state index contributed by atoms with van der Waals surface area (Å²) in [5, 5.41) is 4.36. The number of fused-ring (bicyclic) bond motifs is 2. The van der Waals surface area contributed by atoms with Crippen molar-refractivity contribution in [3.05, 3.63) is 53.1 Å². The van der Waals surface area contributed by atoms with Crippen molar-refractivity contribution in [2.24, 2.45) is 0 Å². The molecule has 2 heterocycles. The molecule has 0 aliphatic carbocycles. The minimum Gasteiger partial charge on any atom is -0.454 e. The minimum absolute atomic E-state index is 0.0743. The van der Waals surface area contributed by atoms with E-state index in [1.807, 2.05) is 36.4 Å². The van der Waals surface area contributed by atoms with Crippen molar-refractivity contribution in [3.63, 3.8) is 0 Å². The predicted octanol–water partition coefficient (Wildman–Crippen LogP) is 2.18. The molecule has 2 aliphatic rings. The van der Waals surface area contributed by atoms with E-state index in [1.165, 1.54) is 0 Å². The summed E-state index contributed by atoms with van der Waals surface area (Å²) in [7, 11) is 1.63. The van der Waals surface area contributed by atoms with Crippen molar-refractivity contribution in [3.8, 4) is 11.5 Å². The first-order valence-corrected chi connectivity index (χ1v) is 8.62. The largest absolute Gasteiger partial charge is 0.454 e. The molecule has 0 fully saturated rings. The van der Waals surface area contributed by atoms with Crippen LogP contribution in [0.3, 0.4) is 0 Å². The number of nitrogens with one attached hydrogen (secondary N) is 2. The second-order valence-corrected chi connectivity index (χ2v) is 6.63. The lowest BCUT2D eigenvalue weighted by Crippen LogP contribution is -2.51. The van der Waals surface area contributed by atoms with Gasteiger partial charge >= 0.3 is 6.03 Å². The topological polar surface area (TPSA) is 88.9 Å². The smallest absolute Gasteiger partial charge is 0.332 e. The van der Waals surface area contributed by atoms with Crippen molar-refractivity contribution in [1.82, 2.24) is 15.8 Å². The maximum Gasteiger partial charge on any atom is 0.332 e. The van der Waals surface area contributed by atoms with Crippen LogP contribution in [0.25, 0.3) is 0 Å². The Morgan fingerprint density at radius 1 is 1.23 bits per heavy atom. The fourth-order valence-electron chi connectivity index (χ4n) is 3.56. The van der Waals surface area contributed by atoms with E-state index in [0.29, 0.717) is 11.4 Å². The molecule has 0 bridgehead atoms. The summed E-state index contributed by atoms with van der Waals surface area (Å²) in [5.74, 6) is 1.45. The number of anilines is 1. The van der Waals surface area contributed by atoms with Crippen molar-refractivity contribution in [2.45, 2.75) is 25.4 Å². The van der Waals surface area contributed by atoms with Gasteiger partial charge in [0.05, 0.1) is 0 Å². The Balaban J connectivity index is 1.90. The van der Waals surface area contributed by atoms with Gasteiger partial charge in [0.15, 0.2) is 11.5 Å². The van der Waals surface area contributed by atoms with Crippen LogP contribution in [0, 0.1) is 0 Å². The van der Waals surface area contributed by atoms with Gasteiger partial charge in [0.1, 0.15) is 6.04 Å². The summed E-state index contributed by atoms with van der Waals surface area (Å²) < 4.78 is 11.1. The van der Waals surface area contributed by atoms with Crippen LogP contribution in [0.15, 0.2) is 36.4 Å². The lowest BCUT2D eigenvalue weighted by Gasteiger charge is -2.32. The number of hydrogen-bond donors (Lipinski definition) is 3. The summed E-state index contributed by atoms with van der Waals surface area (Å²) in [6.45, 7) is 2.27. The first-order valence-electron chi connectivity index (χ1n) is 8.62. The second kappa shape index (κ2) is 6.42. The van der Waals surface area contributed by atoms with Crippen LogP contribution in [-0.4, -0.2) is 30.9 Å². The molecule has 7 heteroatoms. The molecular formula is C19H22N4O3. The van der Waals surface area contributed by atoms with E-state index >= 15 is 0 Å². The van der Waals surface area contributed by atoms with Gasteiger partial charge in [0.25, 0.3) is 0 Å². The number of carbonyl (C=O) groups is 1. The van der Waals surface area contributed by atoms with Crippen LogP contribution in [0.2, 0.25) is 0 Å². The molecule has 2 aromatic rings. The number of amides is 2. The number of hydrogen-bond acceptors (Lipinski definition) is 5. The Bertz CT molecular complexity index is 837. The van der Waals surface area contributed by atoms with Gasteiger partial charge in [0.2, 0.25) is 6.79 Å². The molecule has 0 saturated carbocycles. The summed E-state index contributed by atoms with van der Waals surface area (Å²) >= 11 is 0. The predicted molar refractivity (Wildman–Crippen MR) is 97.9 cm³/mol. The van der Waals surface area contributed by atoms with Gasteiger partial charge in [0, 0.05) is 18.8 Å². The fourth-order valence-corrected chi connectivity index (χ4v) is 3.56. The van der Waals surface area contributed by atoms with Crippen molar-refractivity contribution in [1.29, 1.82) is 0 Å². The third-order valence-corrected chi connectivity index (χ3v) is 4.76. The number of rotatable bonds is 1. The van der Waals surface area contributed by atoms with E-state index in [-0.39, 0.29) is 24.9 Å². The molecule has 4 N–H and O–H groups in total. The van der Waals surface area contributed by atoms with Crippen molar-refractivity contribution in [2.75, 3.05) is 19.6 Å². The number of nitrogens with two attached hydrogens (primary N) is 1. The van der Waals surface area contributed by atoms with Crippen LogP contribution in [-0.2, 0) is 6.42 Å². The summed E-state index contributed by atoms with van der Waals surface area (Å²) in [6, 6.07) is 11.1. The van der Waals surface area contributed by atoms with Crippen molar-refractivity contribution >= 4 is 11.7 Å². The zero-order chi connectivity index (χ0) is 18.3. The maximum absolute atomic E-state index is 12.6. The average molecular weight is 354 g/mol. The van der Waals surface area contributed by atoms with Crippen molar-refractivity contribution < 1.29 is 14.3 Å². The molecule has 2 amide bonds. The maximum atomic E-state index is 12.6. The summed E-state index contributed by atoms with van der Waals surface area (Å²) in [4.78, 5) is 12.6. The summed E-state index contributed by atoms with van der Waals surface area (Å²) in [6.07, 6.45) is 0.769. The van der Waals surface area contributed by atoms with Crippen LogP contribution < -0.4 is 25.9 Å². The Hall–Kier alpha value is -2.93. The number of benzene rings is 2. The molecule has 26 heavy (non-hydrogen) atoms. The number of urea groups is 1. The molecule has 2 aromatic carbocycles. The molecule has 2 atom stereocenters. The lowest BCUT2D eigenvalue weighted by atomic mass is 9.91. The molecule has 136 valence electrons. The van der Waals surface area contributed by atoms with E-state index in [4.69, 9.17) is 15.2 Å². The van der Waals surface area contributed by atoms with Gasteiger partial charge in [-0.1, -0.05) is 12.1 Å². The normalized spacial score (nSPS) is 21.1. The number of hydrazine groups is 1. The number of nitrogen functional groups attached to an aromatic ring is 1. The van der Waals surface area contributed by atoms with Crippen LogP contribution in [0.1, 0.15) is 29.7 Å². The Morgan fingerprint density at radius 3 is 2.62 bits per heavy atom. The van der Waals surface area contributed by atoms with E-state index < -0.39 is 0 Å². The standard InChI is InChI=1S/C19H22N4O3/c1-11-7-13-8-16-17(26-10-25-16)9-15(13)18(23(22-11)19(24)21-2)12-3-5-14(20)6-4-12/h3-6,8-9,11,18,22H,7,10,20H2,1-2H3,(H,21,24)/t11-,18?/m1/s1. The van der Waals surface area contributed by atoms with Gasteiger partial charge in [-0.25, -0.2) is 15.2 Å². The zero-order valence-corrected chi connectivity index (χ0v) is 14.8. The Labute approximate surface area is 152 Å². The average Bonchev–Trinajstić information content (AvgIpc) is 3.03. The number of ether oxygens (including phenoxy) is 2. The molecule has 1 unspecified atom stereocenters. The number of nitrogens with zero attached hydrogens (tertiary/aromatic N) is 1. The molecule has 0 saturated heterocycles. The van der Waals surface area contributed by atoms with E-state index in [2.05, 4.69) is 17.7 Å². The highest BCUT2D eigenvalue weighted by atomic mass is 16.7. The zero-order valence-electron chi connectivity index (χ0n) is 14.8. The number of carbonyl (C=O) groups excluding carboxylic acids is 1. The lowest BCUT2D eigenvalue weighted by molar-refractivity contribution is 0.143. The highest BCUT2D eigenvalue weighted by Crippen LogP contribution is 2.41. The molecule has 0 radical (unpaired) electrons. The monoisotopic (exact) mass is 354 g/mol. The van der Waals surface area contributed by atoms with Gasteiger partial charge in [-0.15, -0.1) is 0 Å². The van der Waals surface area contributed by atoms with Crippen LogP contribution in [0.4, 0.5) is 10.5 Å². The third kappa shape index (κ3) is 2.80. The van der Waals surface area contributed by atoms with Gasteiger partial charge < -0.3 is 20.5 Å². The third-order valence-electron chi connectivity index (χ3n) is 4.76. The first-order chi connectivity index (χ1) is 12.6. The Morgan fingerprint density at radius 2 is 1.92 bits per heavy atom. The van der Waals surface area contributed by atoms with E-state index in [9.17, 15) is 4.79 Å². The molecule has 4 rings (SSSR count). The van der Waals surface area contributed by atoms with Crippen LogP contribution in [0.5, 0.6) is 11.5 Å². The van der Waals surface area contributed by atoms with Gasteiger partial charge in [-0.05, 0) is 54.3 Å². The minimum atomic E-state index is -0.315. The SMILES string of the molecule is CNC(=O)N1N[C@H](C)Cc2cc3c(cc2C1c1ccc(N)cc1)OCO3. The molecule has 0 aromatic heterocycles. The quantitative estimate of drug-likeness (QED) is 0.683. The fraction of sp³-hybridized carbons (Fsp3) is 0.316. The van der Waals surface area contributed by atoms with Crippen LogP contribution >= 0.6 is 0 Å².